The van der Waals surface area contributed by atoms with Crippen LogP contribution >= 0.6 is 11.8 Å². The number of nitrogens with zero attached hydrogens (tertiary/aromatic N) is 4. The van der Waals surface area contributed by atoms with E-state index in [9.17, 15) is 13.2 Å². The van der Waals surface area contributed by atoms with E-state index in [-0.39, 0.29) is 6.61 Å². The molecule has 0 amide bonds. The average Bonchev–Trinajstić information content (AvgIpc) is 2.99. The number of aromatic nitrogens is 3. The van der Waals surface area contributed by atoms with Crippen LogP contribution in [-0.2, 0) is 11.8 Å². The van der Waals surface area contributed by atoms with E-state index >= 15 is 0 Å². The molecule has 0 N–H and O–H groups in total. The highest BCUT2D eigenvalue weighted by molar-refractivity contribution is 7.99. The Balaban J connectivity index is 1.89. The van der Waals surface area contributed by atoms with Crippen LogP contribution < -0.4 is 4.90 Å². The molecule has 2 aromatic rings. The van der Waals surface area contributed by atoms with E-state index in [1.807, 2.05) is 23.7 Å². The van der Waals surface area contributed by atoms with Crippen molar-refractivity contribution in [3.8, 4) is 11.4 Å². The lowest BCUT2D eigenvalue weighted by Gasteiger charge is -2.21. The van der Waals surface area contributed by atoms with E-state index in [0.717, 1.165) is 29.6 Å². The molecule has 1 aromatic carbocycles. The van der Waals surface area contributed by atoms with Gasteiger partial charge in [-0.25, -0.2) is 0 Å². The van der Waals surface area contributed by atoms with Crippen molar-refractivity contribution in [3.63, 3.8) is 0 Å². The Hall–Kier alpha value is -1.74. The van der Waals surface area contributed by atoms with E-state index in [4.69, 9.17) is 0 Å². The molecule has 27 heavy (non-hydrogen) atoms. The van der Waals surface area contributed by atoms with E-state index < -0.39 is 12.8 Å². The summed E-state index contributed by atoms with van der Waals surface area (Å²) in [7, 11) is 1.89. The van der Waals surface area contributed by atoms with E-state index in [2.05, 4.69) is 45.8 Å². The molecule has 0 saturated heterocycles. The standard InChI is InChI=1S/C18H25F3N4OS/c1-4-25(5-2)15-9-7-14(8-10-15)16-22-23-17(24(16)3)27-12-6-11-26-13-18(19,20)21/h7-10H,4-6,11-13H2,1-3H3. The van der Waals surface area contributed by atoms with Gasteiger partial charge in [0.05, 0.1) is 0 Å². The summed E-state index contributed by atoms with van der Waals surface area (Å²) in [6, 6.07) is 8.19. The summed E-state index contributed by atoms with van der Waals surface area (Å²) in [5, 5.41) is 9.16. The van der Waals surface area contributed by atoms with Gasteiger partial charge < -0.3 is 14.2 Å². The molecule has 5 nitrogen and oxygen atoms in total. The zero-order chi connectivity index (χ0) is 19.9. The van der Waals surface area contributed by atoms with Gasteiger partial charge in [0.25, 0.3) is 0 Å². The second kappa shape index (κ2) is 9.98. The van der Waals surface area contributed by atoms with Gasteiger partial charge in [-0.05, 0) is 44.5 Å². The summed E-state index contributed by atoms with van der Waals surface area (Å²) in [4.78, 5) is 2.27. The molecule has 0 fully saturated rings. The lowest BCUT2D eigenvalue weighted by Crippen LogP contribution is -2.21. The van der Waals surface area contributed by atoms with Gasteiger partial charge in [-0.1, -0.05) is 11.8 Å². The smallest absolute Gasteiger partial charge is 0.372 e. The van der Waals surface area contributed by atoms with Gasteiger partial charge in [-0.15, -0.1) is 10.2 Å². The number of ether oxygens (including phenoxy) is 1. The SMILES string of the molecule is CCN(CC)c1ccc(-c2nnc(SCCCOCC(F)(F)F)n2C)cc1. The molecular formula is C18H25F3N4OS. The molecule has 0 spiro atoms. The monoisotopic (exact) mass is 402 g/mol. The Labute approximate surface area is 161 Å². The van der Waals surface area contributed by atoms with Crippen LogP contribution in [0.5, 0.6) is 0 Å². The minimum atomic E-state index is -4.27. The second-order valence-electron chi connectivity index (χ2n) is 5.95. The maximum absolute atomic E-state index is 12.0. The number of anilines is 1. The molecule has 1 aromatic heterocycles. The number of hydrogen-bond acceptors (Lipinski definition) is 5. The highest BCUT2D eigenvalue weighted by atomic mass is 32.2. The average molecular weight is 402 g/mol. The third-order valence-electron chi connectivity index (χ3n) is 4.02. The zero-order valence-corrected chi connectivity index (χ0v) is 16.6. The number of halogens is 3. The molecule has 1 heterocycles. The Morgan fingerprint density at radius 1 is 1.11 bits per heavy atom. The molecule has 9 heteroatoms. The van der Waals surface area contributed by atoms with Crippen LogP contribution in [0.2, 0.25) is 0 Å². The van der Waals surface area contributed by atoms with E-state index in [0.29, 0.717) is 12.2 Å². The summed E-state index contributed by atoms with van der Waals surface area (Å²) in [5.41, 5.74) is 2.14. The zero-order valence-electron chi connectivity index (χ0n) is 15.8. The lowest BCUT2D eigenvalue weighted by molar-refractivity contribution is -0.173. The lowest BCUT2D eigenvalue weighted by atomic mass is 10.2. The molecule has 0 radical (unpaired) electrons. The minimum Gasteiger partial charge on any atom is -0.372 e. The van der Waals surface area contributed by atoms with Crippen LogP contribution in [0.1, 0.15) is 20.3 Å². The third kappa shape index (κ3) is 6.42. The van der Waals surface area contributed by atoms with Crippen molar-refractivity contribution in [3.05, 3.63) is 24.3 Å². The molecule has 0 aliphatic rings. The Kier molecular flexibility index (Phi) is 7.97. The summed E-state index contributed by atoms with van der Waals surface area (Å²) in [6.45, 7) is 5.02. The first-order chi connectivity index (χ1) is 12.9. The number of alkyl halides is 3. The Morgan fingerprint density at radius 2 is 1.78 bits per heavy atom. The van der Waals surface area contributed by atoms with Crippen LogP contribution in [0.15, 0.2) is 29.4 Å². The molecule has 0 aliphatic heterocycles. The number of thioether (sulfide) groups is 1. The first-order valence-corrected chi connectivity index (χ1v) is 9.86. The number of benzene rings is 1. The fourth-order valence-corrected chi connectivity index (χ4v) is 3.44. The molecule has 0 aliphatic carbocycles. The third-order valence-corrected chi connectivity index (χ3v) is 5.13. The maximum Gasteiger partial charge on any atom is 0.411 e. The minimum absolute atomic E-state index is 0.0735. The Bertz CT molecular complexity index is 700. The second-order valence-corrected chi connectivity index (χ2v) is 7.02. The van der Waals surface area contributed by atoms with Crippen molar-refractivity contribution in [1.29, 1.82) is 0 Å². The topological polar surface area (TPSA) is 43.2 Å². The maximum atomic E-state index is 12.0. The van der Waals surface area contributed by atoms with Crippen molar-refractivity contribution in [2.75, 3.05) is 37.0 Å². The summed E-state index contributed by atoms with van der Waals surface area (Å²) < 4.78 is 42.5. The van der Waals surface area contributed by atoms with Crippen molar-refractivity contribution in [2.24, 2.45) is 7.05 Å². The molecule has 2 rings (SSSR count). The molecule has 0 saturated carbocycles. The molecular weight excluding hydrogens is 377 g/mol. The van der Waals surface area contributed by atoms with E-state index in [1.165, 1.54) is 17.4 Å². The van der Waals surface area contributed by atoms with E-state index in [1.54, 1.807) is 0 Å². The van der Waals surface area contributed by atoms with Crippen LogP contribution in [0.3, 0.4) is 0 Å². The van der Waals surface area contributed by atoms with Crippen molar-refractivity contribution >= 4 is 17.4 Å². The number of rotatable bonds is 10. The van der Waals surface area contributed by atoms with Crippen LogP contribution in [0, 0.1) is 0 Å². The van der Waals surface area contributed by atoms with Gasteiger partial charge in [-0.2, -0.15) is 13.2 Å². The highest BCUT2D eigenvalue weighted by Crippen LogP contribution is 2.25. The van der Waals surface area contributed by atoms with Crippen LogP contribution in [-0.4, -0.2) is 53.0 Å². The molecule has 0 unspecified atom stereocenters. The normalized spacial score (nSPS) is 11.8. The largest absolute Gasteiger partial charge is 0.411 e. The van der Waals surface area contributed by atoms with Gasteiger partial charge in [0, 0.05) is 43.7 Å². The first kappa shape index (κ1) is 21.6. The predicted molar refractivity (Wildman–Crippen MR) is 102 cm³/mol. The summed E-state index contributed by atoms with van der Waals surface area (Å²) in [6.07, 6.45) is -3.76. The molecule has 0 atom stereocenters. The van der Waals surface area contributed by atoms with Gasteiger partial charge >= 0.3 is 6.18 Å². The van der Waals surface area contributed by atoms with Crippen LogP contribution in [0.4, 0.5) is 18.9 Å². The van der Waals surface area contributed by atoms with Gasteiger partial charge in [0.15, 0.2) is 11.0 Å². The fraction of sp³-hybridized carbons (Fsp3) is 0.556. The first-order valence-electron chi connectivity index (χ1n) is 8.87. The van der Waals surface area contributed by atoms with Crippen molar-refractivity contribution in [2.45, 2.75) is 31.6 Å². The fourth-order valence-electron chi connectivity index (χ4n) is 2.61. The predicted octanol–water partition coefficient (Wildman–Crippen LogP) is 4.39. The van der Waals surface area contributed by atoms with Gasteiger partial charge in [0.2, 0.25) is 0 Å². The van der Waals surface area contributed by atoms with Gasteiger partial charge in [-0.3, -0.25) is 0 Å². The number of hydrogen-bond donors (Lipinski definition) is 0. The summed E-state index contributed by atoms with van der Waals surface area (Å²) in [5.74, 6) is 1.38. The molecule has 150 valence electrons. The highest BCUT2D eigenvalue weighted by Gasteiger charge is 2.27. The van der Waals surface area contributed by atoms with Crippen molar-refractivity contribution < 1.29 is 17.9 Å². The summed E-state index contributed by atoms with van der Waals surface area (Å²) >= 11 is 1.46. The Morgan fingerprint density at radius 3 is 2.37 bits per heavy atom. The van der Waals surface area contributed by atoms with Crippen molar-refractivity contribution in [1.82, 2.24) is 14.8 Å². The van der Waals surface area contributed by atoms with Gasteiger partial charge in [0.1, 0.15) is 6.61 Å². The molecule has 0 bridgehead atoms. The quantitative estimate of drug-likeness (QED) is 0.436. The van der Waals surface area contributed by atoms with Crippen LogP contribution in [0.25, 0.3) is 11.4 Å².